The van der Waals surface area contributed by atoms with Gasteiger partial charge in [-0.1, -0.05) is 24.3 Å². The number of imidazole rings is 1. The van der Waals surface area contributed by atoms with Crippen LogP contribution in [0.5, 0.6) is 0 Å². The normalized spacial score (nSPS) is 11.3. The third kappa shape index (κ3) is 3.17. The van der Waals surface area contributed by atoms with Crippen molar-refractivity contribution < 1.29 is 4.79 Å². The summed E-state index contributed by atoms with van der Waals surface area (Å²) in [5.74, 6) is -0.175. The molecule has 0 atom stereocenters. The number of aryl methyl sites for hydroxylation is 1. The molecule has 1 N–H and O–H groups in total. The second-order valence-corrected chi connectivity index (χ2v) is 5.52. The van der Waals surface area contributed by atoms with E-state index in [2.05, 4.69) is 15.5 Å². The highest BCUT2D eigenvalue weighted by Crippen LogP contribution is 2.11. The van der Waals surface area contributed by atoms with Crippen LogP contribution in [-0.4, -0.2) is 21.5 Å². The number of hydrogen-bond donors (Lipinski definition) is 1. The highest BCUT2D eigenvalue weighted by atomic mass is 32.1. The molecule has 0 aliphatic heterocycles. The van der Waals surface area contributed by atoms with Crippen molar-refractivity contribution in [2.45, 2.75) is 13.3 Å². The van der Waals surface area contributed by atoms with Crippen LogP contribution in [-0.2, 0) is 11.2 Å². The van der Waals surface area contributed by atoms with Crippen LogP contribution in [0.1, 0.15) is 16.8 Å². The summed E-state index contributed by atoms with van der Waals surface area (Å²) in [6.45, 7) is 2.00. The maximum absolute atomic E-state index is 11.8. The minimum atomic E-state index is -0.175. The maximum Gasteiger partial charge on any atom is 0.246 e. The predicted molar refractivity (Wildman–Crippen MR) is 83.7 cm³/mol. The van der Waals surface area contributed by atoms with E-state index in [4.69, 9.17) is 0 Å². The summed E-state index contributed by atoms with van der Waals surface area (Å²) < 4.78 is 1.91. The quantitative estimate of drug-likeness (QED) is 0.594. The summed E-state index contributed by atoms with van der Waals surface area (Å²) in [5, 5.41) is 5.94. The van der Waals surface area contributed by atoms with E-state index in [1.165, 1.54) is 0 Å². The molecule has 6 heteroatoms. The molecule has 0 spiro atoms. The minimum Gasteiger partial charge on any atom is -0.297 e. The largest absolute Gasteiger partial charge is 0.297 e. The van der Waals surface area contributed by atoms with Crippen molar-refractivity contribution in [2.75, 3.05) is 0 Å². The van der Waals surface area contributed by atoms with Gasteiger partial charge in [0.15, 0.2) is 4.96 Å². The Hall–Kier alpha value is -2.47. The molecule has 3 rings (SSSR count). The summed E-state index contributed by atoms with van der Waals surface area (Å²) in [6.07, 6.45) is 5.65. The highest BCUT2D eigenvalue weighted by Gasteiger charge is 2.07. The average molecular weight is 298 g/mol. The number of nitrogens with zero attached hydrogens (tertiary/aromatic N) is 3. The molecule has 0 aliphatic carbocycles. The van der Waals surface area contributed by atoms with Crippen molar-refractivity contribution in [1.82, 2.24) is 14.8 Å². The van der Waals surface area contributed by atoms with E-state index >= 15 is 0 Å². The number of amides is 1. The lowest BCUT2D eigenvalue weighted by Gasteiger charge is -1.99. The standard InChI is InChI=1S/C15H14N4OS/c1-11-4-2-3-5-12(11)9-16-18-14(20)8-13-10-19-6-7-21-15(19)17-13/h2-7,9-10H,8H2,1H3,(H,18,20). The molecule has 0 aliphatic rings. The van der Waals surface area contributed by atoms with Crippen molar-refractivity contribution in [2.24, 2.45) is 5.10 Å². The van der Waals surface area contributed by atoms with Crippen LogP contribution in [0.2, 0.25) is 0 Å². The van der Waals surface area contributed by atoms with Gasteiger partial charge in [-0.25, -0.2) is 10.4 Å². The molecule has 0 fully saturated rings. The number of hydrazone groups is 1. The molecule has 0 saturated heterocycles. The van der Waals surface area contributed by atoms with E-state index in [0.29, 0.717) is 0 Å². The van der Waals surface area contributed by atoms with E-state index in [9.17, 15) is 4.79 Å². The SMILES string of the molecule is Cc1ccccc1C=NNC(=O)Cc1cn2ccsc2n1. The van der Waals surface area contributed by atoms with E-state index in [0.717, 1.165) is 21.8 Å². The molecular formula is C15H14N4OS. The Labute approximate surface area is 126 Å². The number of benzene rings is 1. The van der Waals surface area contributed by atoms with Gasteiger partial charge in [0.1, 0.15) is 0 Å². The Morgan fingerprint density at radius 1 is 1.48 bits per heavy atom. The lowest BCUT2D eigenvalue weighted by Crippen LogP contribution is -2.20. The number of rotatable bonds is 4. The topological polar surface area (TPSA) is 58.8 Å². The van der Waals surface area contributed by atoms with E-state index in [1.807, 2.05) is 53.4 Å². The predicted octanol–water partition coefficient (Wildman–Crippen LogP) is 2.40. The van der Waals surface area contributed by atoms with Crippen LogP contribution in [0.4, 0.5) is 0 Å². The van der Waals surface area contributed by atoms with Gasteiger partial charge in [-0.05, 0) is 18.1 Å². The van der Waals surface area contributed by atoms with Crippen LogP contribution < -0.4 is 5.43 Å². The number of carbonyl (C=O) groups excluding carboxylic acids is 1. The van der Waals surface area contributed by atoms with Gasteiger partial charge in [0.2, 0.25) is 5.91 Å². The van der Waals surface area contributed by atoms with Crippen LogP contribution >= 0.6 is 11.3 Å². The Balaban J connectivity index is 1.59. The van der Waals surface area contributed by atoms with Gasteiger partial charge in [-0.2, -0.15) is 5.10 Å². The summed E-state index contributed by atoms with van der Waals surface area (Å²) in [7, 11) is 0. The fourth-order valence-corrected chi connectivity index (χ4v) is 2.69. The second-order valence-electron chi connectivity index (χ2n) is 4.65. The van der Waals surface area contributed by atoms with Crippen molar-refractivity contribution in [3.8, 4) is 0 Å². The smallest absolute Gasteiger partial charge is 0.246 e. The highest BCUT2D eigenvalue weighted by molar-refractivity contribution is 7.15. The monoisotopic (exact) mass is 298 g/mol. The van der Waals surface area contributed by atoms with E-state index in [-0.39, 0.29) is 12.3 Å². The van der Waals surface area contributed by atoms with Crippen molar-refractivity contribution in [3.05, 3.63) is 58.9 Å². The first-order chi connectivity index (χ1) is 10.2. The van der Waals surface area contributed by atoms with Gasteiger partial charge in [0.25, 0.3) is 0 Å². The third-order valence-electron chi connectivity index (χ3n) is 3.07. The lowest BCUT2D eigenvalue weighted by atomic mass is 10.1. The fraction of sp³-hybridized carbons (Fsp3) is 0.133. The number of hydrogen-bond acceptors (Lipinski definition) is 4. The molecule has 2 heterocycles. The average Bonchev–Trinajstić information content (AvgIpc) is 3.02. The fourth-order valence-electron chi connectivity index (χ4n) is 1.97. The zero-order chi connectivity index (χ0) is 14.7. The molecule has 106 valence electrons. The zero-order valence-electron chi connectivity index (χ0n) is 11.5. The molecule has 0 radical (unpaired) electrons. The van der Waals surface area contributed by atoms with Gasteiger partial charge in [-0.15, -0.1) is 11.3 Å². The lowest BCUT2D eigenvalue weighted by molar-refractivity contribution is -0.120. The molecule has 1 amide bonds. The zero-order valence-corrected chi connectivity index (χ0v) is 12.3. The second kappa shape index (κ2) is 5.88. The Kier molecular flexibility index (Phi) is 3.79. The summed E-state index contributed by atoms with van der Waals surface area (Å²) in [6, 6.07) is 7.86. The molecule has 5 nitrogen and oxygen atoms in total. The Bertz CT molecular complexity index is 774. The number of fused-ring (bicyclic) bond motifs is 1. The summed E-state index contributed by atoms with van der Waals surface area (Å²) >= 11 is 1.54. The first-order valence-electron chi connectivity index (χ1n) is 6.51. The molecule has 2 aromatic heterocycles. The Morgan fingerprint density at radius 2 is 2.33 bits per heavy atom. The van der Waals surface area contributed by atoms with E-state index in [1.54, 1.807) is 17.6 Å². The maximum atomic E-state index is 11.8. The van der Waals surface area contributed by atoms with Crippen molar-refractivity contribution in [3.63, 3.8) is 0 Å². The van der Waals surface area contributed by atoms with Gasteiger partial charge < -0.3 is 0 Å². The molecule has 1 aromatic carbocycles. The van der Waals surface area contributed by atoms with E-state index < -0.39 is 0 Å². The van der Waals surface area contributed by atoms with Gasteiger partial charge in [0, 0.05) is 17.8 Å². The van der Waals surface area contributed by atoms with Crippen LogP contribution in [0.3, 0.4) is 0 Å². The number of nitrogens with one attached hydrogen (secondary N) is 1. The van der Waals surface area contributed by atoms with Crippen LogP contribution in [0, 0.1) is 6.92 Å². The molecule has 0 saturated carbocycles. The number of thiazole rings is 1. The Morgan fingerprint density at radius 3 is 3.14 bits per heavy atom. The number of carbonyl (C=O) groups is 1. The molecule has 21 heavy (non-hydrogen) atoms. The first-order valence-corrected chi connectivity index (χ1v) is 7.39. The minimum absolute atomic E-state index is 0.175. The van der Waals surface area contributed by atoms with Crippen molar-refractivity contribution in [1.29, 1.82) is 0 Å². The molecular weight excluding hydrogens is 284 g/mol. The molecule has 3 aromatic rings. The number of aromatic nitrogens is 2. The van der Waals surface area contributed by atoms with Gasteiger partial charge in [-0.3, -0.25) is 9.20 Å². The summed E-state index contributed by atoms with van der Waals surface area (Å²) in [4.78, 5) is 17.1. The van der Waals surface area contributed by atoms with Crippen LogP contribution in [0.25, 0.3) is 4.96 Å². The van der Waals surface area contributed by atoms with Gasteiger partial charge >= 0.3 is 0 Å². The summed E-state index contributed by atoms with van der Waals surface area (Å²) in [5.41, 5.74) is 5.37. The first kappa shape index (κ1) is 13.5. The molecule has 0 bridgehead atoms. The van der Waals surface area contributed by atoms with Crippen molar-refractivity contribution >= 4 is 28.4 Å². The van der Waals surface area contributed by atoms with Gasteiger partial charge in [0.05, 0.1) is 18.3 Å². The molecule has 0 unspecified atom stereocenters. The third-order valence-corrected chi connectivity index (χ3v) is 3.84. The van der Waals surface area contributed by atoms with Crippen LogP contribution in [0.15, 0.2) is 47.1 Å².